The first kappa shape index (κ1) is 24.6. The molecule has 0 aliphatic carbocycles. The lowest BCUT2D eigenvalue weighted by molar-refractivity contribution is -0.146. The van der Waals surface area contributed by atoms with Crippen LogP contribution in [0.1, 0.15) is 39.1 Å². The average molecular weight is 496 g/mol. The summed E-state index contributed by atoms with van der Waals surface area (Å²) in [5.41, 5.74) is 2.96. The number of aliphatic carboxylic acids is 1. The second kappa shape index (κ2) is 10.4. The number of carbonyl (C=O) groups is 3. The van der Waals surface area contributed by atoms with Gasteiger partial charge in [0.1, 0.15) is 5.82 Å². The van der Waals surface area contributed by atoms with Gasteiger partial charge in [0.2, 0.25) is 0 Å². The van der Waals surface area contributed by atoms with Gasteiger partial charge in [-0.25, -0.2) is 4.39 Å². The van der Waals surface area contributed by atoms with Crippen molar-refractivity contribution < 1.29 is 29.0 Å². The molecule has 3 aromatic rings. The van der Waals surface area contributed by atoms with Crippen LogP contribution in [0.4, 0.5) is 4.39 Å². The highest BCUT2D eigenvalue weighted by Gasteiger charge is 2.36. The summed E-state index contributed by atoms with van der Waals surface area (Å²) >= 11 is 5.73. The van der Waals surface area contributed by atoms with Crippen molar-refractivity contribution in [3.8, 4) is 11.1 Å². The smallest absolute Gasteiger partial charge is 0.309 e. The lowest BCUT2D eigenvalue weighted by Gasteiger charge is -2.22. The van der Waals surface area contributed by atoms with Gasteiger partial charge in [-0.05, 0) is 60.2 Å². The van der Waals surface area contributed by atoms with Crippen LogP contribution in [0.25, 0.3) is 11.1 Å². The summed E-state index contributed by atoms with van der Waals surface area (Å²) in [6, 6.07) is 18.3. The molecular formula is C27H23ClFNO5. The fourth-order valence-electron chi connectivity index (χ4n) is 4.25. The van der Waals surface area contributed by atoms with Crippen LogP contribution in [0.15, 0.2) is 66.7 Å². The molecule has 3 aromatic carbocycles. The van der Waals surface area contributed by atoms with Crippen LogP contribution in [-0.4, -0.2) is 45.5 Å². The van der Waals surface area contributed by atoms with Gasteiger partial charge < -0.3 is 10.2 Å². The Hall–Kier alpha value is -3.55. The predicted molar refractivity (Wildman–Crippen MR) is 129 cm³/mol. The van der Waals surface area contributed by atoms with Crippen molar-refractivity contribution in [2.75, 3.05) is 6.54 Å². The fraction of sp³-hybridized carbons (Fsp3) is 0.222. The third-order valence-corrected chi connectivity index (χ3v) is 6.57. The van der Waals surface area contributed by atoms with E-state index in [4.69, 9.17) is 11.6 Å². The number of hydrogen-bond donors (Lipinski definition) is 2. The lowest BCUT2D eigenvalue weighted by atomic mass is 9.93. The van der Waals surface area contributed by atoms with E-state index in [0.29, 0.717) is 23.1 Å². The van der Waals surface area contributed by atoms with E-state index in [1.54, 1.807) is 30.3 Å². The van der Waals surface area contributed by atoms with Gasteiger partial charge in [0.25, 0.3) is 11.8 Å². The Morgan fingerprint density at radius 2 is 1.51 bits per heavy atom. The number of hydrogen-bond acceptors (Lipinski definition) is 4. The first-order chi connectivity index (χ1) is 16.8. The summed E-state index contributed by atoms with van der Waals surface area (Å²) < 4.78 is 13.7. The molecule has 2 amide bonds. The number of benzene rings is 3. The molecule has 2 atom stereocenters. The van der Waals surface area contributed by atoms with Crippen molar-refractivity contribution in [1.29, 1.82) is 0 Å². The molecule has 0 bridgehead atoms. The van der Waals surface area contributed by atoms with Gasteiger partial charge in [0.05, 0.1) is 28.2 Å². The number of imide groups is 1. The summed E-state index contributed by atoms with van der Waals surface area (Å²) in [4.78, 5) is 37.8. The number of carbonyl (C=O) groups excluding carboxylic acids is 2. The maximum absolute atomic E-state index is 13.7. The number of aryl methyl sites for hydroxylation is 1. The number of amides is 2. The largest absolute Gasteiger partial charge is 0.481 e. The van der Waals surface area contributed by atoms with Crippen molar-refractivity contribution in [1.82, 2.24) is 4.90 Å². The highest BCUT2D eigenvalue weighted by atomic mass is 35.5. The maximum Gasteiger partial charge on any atom is 0.309 e. The van der Waals surface area contributed by atoms with Crippen LogP contribution >= 0.6 is 11.6 Å². The van der Waals surface area contributed by atoms with E-state index in [-0.39, 0.29) is 24.4 Å². The van der Waals surface area contributed by atoms with E-state index in [2.05, 4.69) is 0 Å². The Morgan fingerprint density at radius 1 is 0.914 bits per heavy atom. The SMILES string of the molecule is O=C(O)[C@H](CCN1C(=O)c2ccccc2C1=O)[C@H](O)CCc1ccc(-c2ccc(Cl)c(F)c2)cc1. The molecule has 0 fully saturated rings. The minimum absolute atomic E-state index is 0.0512. The topological polar surface area (TPSA) is 94.9 Å². The van der Waals surface area contributed by atoms with Crippen LogP contribution in [0.5, 0.6) is 0 Å². The van der Waals surface area contributed by atoms with Crippen LogP contribution in [-0.2, 0) is 11.2 Å². The molecule has 0 saturated carbocycles. The molecule has 0 aromatic heterocycles. The highest BCUT2D eigenvalue weighted by molar-refractivity contribution is 6.30. The lowest BCUT2D eigenvalue weighted by Crippen LogP contribution is -2.36. The van der Waals surface area contributed by atoms with Gasteiger partial charge in [-0.15, -0.1) is 0 Å². The molecule has 1 aliphatic rings. The second-order valence-corrected chi connectivity index (χ2v) is 8.88. The van der Waals surface area contributed by atoms with E-state index >= 15 is 0 Å². The van der Waals surface area contributed by atoms with Crippen LogP contribution in [0.2, 0.25) is 5.02 Å². The van der Waals surface area contributed by atoms with E-state index < -0.39 is 35.6 Å². The minimum Gasteiger partial charge on any atom is -0.481 e. The van der Waals surface area contributed by atoms with Crippen molar-refractivity contribution >= 4 is 29.4 Å². The van der Waals surface area contributed by atoms with Gasteiger partial charge in [-0.2, -0.15) is 0 Å². The van der Waals surface area contributed by atoms with Gasteiger partial charge in [-0.3, -0.25) is 19.3 Å². The van der Waals surface area contributed by atoms with Crippen molar-refractivity contribution in [2.24, 2.45) is 5.92 Å². The van der Waals surface area contributed by atoms with Crippen LogP contribution in [0, 0.1) is 11.7 Å². The quantitative estimate of drug-likeness (QED) is 0.415. The molecule has 1 aliphatic heterocycles. The highest BCUT2D eigenvalue weighted by Crippen LogP contribution is 2.26. The zero-order valence-corrected chi connectivity index (χ0v) is 19.4. The normalized spacial score (nSPS) is 14.7. The molecule has 0 saturated heterocycles. The Kier molecular flexibility index (Phi) is 7.28. The predicted octanol–water partition coefficient (Wildman–Crippen LogP) is 4.83. The number of aliphatic hydroxyl groups is 1. The Labute approximate surface area is 206 Å². The van der Waals surface area contributed by atoms with E-state index in [0.717, 1.165) is 16.0 Å². The molecule has 180 valence electrons. The zero-order valence-electron chi connectivity index (χ0n) is 18.7. The first-order valence-corrected chi connectivity index (χ1v) is 11.5. The Balaban J connectivity index is 1.35. The summed E-state index contributed by atoms with van der Waals surface area (Å²) in [7, 11) is 0. The number of rotatable bonds is 9. The number of aliphatic hydroxyl groups excluding tert-OH is 1. The molecule has 35 heavy (non-hydrogen) atoms. The number of carboxylic acid groups (broad SMARTS) is 1. The van der Waals surface area contributed by atoms with E-state index in [1.165, 1.54) is 12.1 Å². The summed E-state index contributed by atoms with van der Waals surface area (Å²) in [5.74, 6) is -3.73. The summed E-state index contributed by atoms with van der Waals surface area (Å²) in [5, 5.41) is 20.3. The van der Waals surface area contributed by atoms with E-state index in [1.807, 2.05) is 24.3 Å². The monoisotopic (exact) mass is 495 g/mol. The summed E-state index contributed by atoms with van der Waals surface area (Å²) in [6.45, 7) is -0.0906. The number of carboxylic acids is 1. The third-order valence-electron chi connectivity index (χ3n) is 6.26. The molecule has 0 radical (unpaired) electrons. The standard InChI is InChI=1S/C27H23ClFNO5/c28-22-11-10-18(15-23(22)29)17-8-5-16(6-9-17)7-12-24(31)21(27(34)35)13-14-30-25(32)19-3-1-2-4-20(19)26(30)33/h1-6,8-11,15,21,24,31H,7,12-14H2,(H,34,35)/t21-,24-/m1/s1. The van der Waals surface area contributed by atoms with E-state index in [9.17, 15) is 29.0 Å². The Bertz CT molecular complexity index is 1240. The molecule has 0 unspecified atom stereocenters. The Morgan fingerprint density at radius 3 is 2.09 bits per heavy atom. The molecule has 1 heterocycles. The van der Waals surface area contributed by atoms with Crippen molar-refractivity contribution in [3.63, 3.8) is 0 Å². The number of halogens is 2. The molecule has 8 heteroatoms. The maximum atomic E-state index is 13.7. The molecule has 0 spiro atoms. The first-order valence-electron chi connectivity index (χ1n) is 11.2. The van der Waals surface area contributed by atoms with Gasteiger partial charge in [-0.1, -0.05) is 54.1 Å². The molecule has 4 rings (SSSR count). The van der Waals surface area contributed by atoms with Crippen molar-refractivity contribution in [2.45, 2.75) is 25.4 Å². The van der Waals surface area contributed by atoms with Crippen LogP contribution < -0.4 is 0 Å². The van der Waals surface area contributed by atoms with Gasteiger partial charge in [0, 0.05) is 6.54 Å². The fourth-order valence-corrected chi connectivity index (χ4v) is 4.36. The third kappa shape index (κ3) is 5.26. The average Bonchev–Trinajstić information content (AvgIpc) is 3.09. The van der Waals surface area contributed by atoms with Gasteiger partial charge >= 0.3 is 5.97 Å². The van der Waals surface area contributed by atoms with Gasteiger partial charge in [0.15, 0.2) is 0 Å². The molecule has 6 nitrogen and oxygen atoms in total. The number of nitrogens with zero attached hydrogens (tertiary/aromatic N) is 1. The minimum atomic E-state index is -1.19. The number of fused-ring (bicyclic) bond motifs is 1. The zero-order chi connectivity index (χ0) is 25.1. The summed E-state index contributed by atoms with van der Waals surface area (Å²) in [6.07, 6.45) is -0.600. The van der Waals surface area contributed by atoms with Crippen LogP contribution in [0.3, 0.4) is 0 Å². The molecular weight excluding hydrogens is 473 g/mol. The van der Waals surface area contributed by atoms with Crippen molar-refractivity contribution in [3.05, 3.63) is 94.3 Å². The molecule has 2 N–H and O–H groups in total. The second-order valence-electron chi connectivity index (χ2n) is 8.47.